The fraction of sp³-hybridized carbons (Fsp3) is 0.581. The fourth-order valence-corrected chi connectivity index (χ4v) is 5.72. The lowest BCUT2D eigenvalue weighted by Crippen LogP contribution is -2.08. The van der Waals surface area contributed by atoms with E-state index in [0.29, 0.717) is 5.25 Å². The smallest absolute Gasteiger partial charge is 0.115 e. The first-order valence-corrected chi connectivity index (χ1v) is 14.7. The van der Waals surface area contributed by atoms with Crippen molar-refractivity contribution >= 4 is 22.5 Å². The standard InChI is InChI=1S/C31H47NOS/c1-3-5-6-7-8-9-10-11-12-13-14-18-22-30(19-4-2)34-31(27-20-16-15-17-21-27)32-28-23-25-29(33)26-24-28/h15-17,20-21,23-26,30,33H,3-14,18-19,22H2,1-2H3. The molecule has 1 unspecified atom stereocenters. The zero-order valence-corrected chi connectivity index (χ0v) is 22.5. The van der Waals surface area contributed by atoms with E-state index in [4.69, 9.17) is 4.99 Å². The lowest BCUT2D eigenvalue weighted by Gasteiger charge is -2.17. The summed E-state index contributed by atoms with van der Waals surface area (Å²) in [7, 11) is 0. The number of nitrogens with zero attached hydrogens (tertiary/aromatic N) is 1. The van der Waals surface area contributed by atoms with E-state index in [1.54, 1.807) is 12.1 Å². The highest BCUT2D eigenvalue weighted by Crippen LogP contribution is 2.30. The second-order valence-electron chi connectivity index (χ2n) is 9.51. The Labute approximate surface area is 213 Å². The minimum Gasteiger partial charge on any atom is -0.508 e. The van der Waals surface area contributed by atoms with Crippen molar-refractivity contribution in [2.45, 2.75) is 115 Å². The second kappa shape index (κ2) is 18.6. The maximum atomic E-state index is 9.61. The average molecular weight is 482 g/mol. The summed E-state index contributed by atoms with van der Waals surface area (Å²) in [4.78, 5) is 4.97. The number of phenols is 1. The molecule has 2 aromatic rings. The van der Waals surface area contributed by atoms with Gasteiger partial charge in [0.05, 0.1) is 5.69 Å². The molecule has 0 saturated heterocycles. The highest BCUT2D eigenvalue weighted by atomic mass is 32.2. The van der Waals surface area contributed by atoms with Crippen LogP contribution in [-0.2, 0) is 0 Å². The molecule has 2 nitrogen and oxygen atoms in total. The molecule has 0 heterocycles. The van der Waals surface area contributed by atoms with Gasteiger partial charge in [0.15, 0.2) is 0 Å². The van der Waals surface area contributed by atoms with Crippen molar-refractivity contribution in [2.24, 2.45) is 4.99 Å². The van der Waals surface area contributed by atoms with Crippen LogP contribution in [0, 0.1) is 0 Å². The summed E-state index contributed by atoms with van der Waals surface area (Å²) in [6, 6.07) is 17.7. The molecule has 0 amide bonds. The van der Waals surface area contributed by atoms with E-state index in [1.165, 1.54) is 102 Å². The molecule has 0 bridgehead atoms. The van der Waals surface area contributed by atoms with Gasteiger partial charge in [0.1, 0.15) is 10.8 Å². The van der Waals surface area contributed by atoms with Gasteiger partial charge in [0.2, 0.25) is 0 Å². The maximum absolute atomic E-state index is 9.61. The summed E-state index contributed by atoms with van der Waals surface area (Å²) in [5, 5.41) is 11.3. The molecule has 0 saturated carbocycles. The molecule has 2 aromatic carbocycles. The predicted molar refractivity (Wildman–Crippen MR) is 153 cm³/mol. The second-order valence-corrected chi connectivity index (χ2v) is 10.8. The van der Waals surface area contributed by atoms with Crippen LogP contribution in [0.3, 0.4) is 0 Å². The van der Waals surface area contributed by atoms with Crippen LogP contribution in [0.25, 0.3) is 0 Å². The summed E-state index contributed by atoms with van der Waals surface area (Å²) in [5.41, 5.74) is 2.07. The number of hydrogen-bond donors (Lipinski definition) is 1. The Kier molecular flexibility index (Phi) is 15.6. The predicted octanol–water partition coefficient (Wildman–Crippen LogP) is 10.5. The van der Waals surface area contributed by atoms with E-state index >= 15 is 0 Å². The molecule has 188 valence electrons. The van der Waals surface area contributed by atoms with E-state index in [9.17, 15) is 5.11 Å². The molecular formula is C31H47NOS. The number of unbranched alkanes of at least 4 members (excludes halogenated alkanes) is 11. The third kappa shape index (κ3) is 12.6. The number of rotatable bonds is 18. The first kappa shape index (κ1) is 28.5. The molecule has 0 aromatic heterocycles. The molecule has 1 atom stereocenters. The minimum atomic E-state index is 0.281. The molecule has 3 heteroatoms. The van der Waals surface area contributed by atoms with E-state index in [2.05, 4.69) is 44.2 Å². The Balaban J connectivity index is 1.77. The molecule has 0 spiro atoms. The molecular weight excluding hydrogens is 434 g/mol. The van der Waals surface area contributed by atoms with Crippen molar-refractivity contribution < 1.29 is 5.11 Å². The third-order valence-electron chi connectivity index (χ3n) is 6.37. The van der Waals surface area contributed by atoms with Gasteiger partial charge in [-0.15, -0.1) is 11.8 Å². The van der Waals surface area contributed by atoms with Gasteiger partial charge < -0.3 is 5.11 Å². The molecule has 0 radical (unpaired) electrons. The summed E-state index contributed by atoms with van der Waals surface area (Å²) >= 11 is 1.94. The van der Waals surface area contributed by atoms with E-state index < -0.39 is 0 Å². The maximum Gasteiger partial charge on any atom is 0.115 e. The number of aliphatic imine (C=N–C) groups is 1. The van der Waals surface area contributed by atoms with Crippen molar-refractivity contribution in [3.05, 3.63) is 60.2 Å². The number of benzene rings is 2. The molecule has 0 aliphatic carbocycles. The highest BCUT2D eigenvalue weighted by molar-refractivity contribution is 8.15. The molecule has 1 N–H and O–H groups in total. The highest BCUT2D eigenvalue weighted by Gasteiger charge is 2.14. The Morgan fingerprint density at radius 2 is 1.24 bits per heavy atom. The Bertz CT molecular complexity index is 772. The van der Waals surface area contributed by atoms with Gasteiger partial charge in [-0.1, -0.05) is 128 Å². The van der Waals surface area contributed by atoms with Crippen molar-refractivity contribution in [2.75, 3.05) is 0 Å². The minimum absolute atomic E-state index is 0.281. The summed E-state index contributed by atoms with van der Waals surface area (Å²) in [5.74, 6) is 0.281. The SMILES string of the molecule is CCCCCCCCCCCCCCC(CCC)SC(=Nc1ccc(O)cc1)c1ccccc1. The lowest BCUT2D eigenvalue weighted by atomic mass is 10.0. The summed E-state index contributed by atoms with van der Waals surface area (Å²) in [6.45, 7) is 4.58. The van der Waals surface area contributed by atoms with Crippen LogP contribution in [0.5, 0.6) is 5.75 Å². The number of aromatic hydroxyl groups is 1. The monoisotopic (exact) mass is 481 g/mol. The number of phenolic OH excluding ortho intramolecular Hbond substituents is 1. The zero-order chi connectivity index (χ0) is 24.3. The van der Waals surface area contributed by atoms with E-state index in [0.717, 1.165) is 10.7 Å². The van der Waals surface area contributed by atoms with Gasteiger partial charge in [-0.25, -0.2) is 4.99 Å². The van der Waals surface area contributed by atoms with Gasteiger partial charge in [-0.05, 0) is 37.1 Å². The van der Waals surface area contributed by atoms with Gasteiger partial charge >= 0.3 is 0 Å². The summed E-state index contributed by atoms with van der Waals surface area (Å²) < 4.78 is 0. The topological polar surface area (TPSA) is 32.6 Å². The Morgan fingerprint density at radius 1 is 0.676 bits per heavy atom. The number of hydrogen-bond acceptors (Lipinski definition) is 3. The van der Waals surface area contributed by atoms with Gasteiger partial charge in [-0.2, -0.15) is 0 Å². The van der Waals surface area contributed by atoms with E-state index in [-0.39, 0.29) is 5.75 Å². The van der Waals surface area contributed by atoms with Crippen molar-refractivity contribution in [1.29, 1.82) is 0 Å². The lowest BCUT2D eigenvalue weighted by molar-refractivity contribution is 0.475. The van der Waals surface area contributed by atoms with Gasteiger partial charge in [0.25, 0.3) is 0 Å². The van der Waals surface area contributed by atoms with Crippen LogP contribution in [-0.4, -0.2) is 15.4 Å². The third-order valence-corrected chi connectivity index (χ3v) is 7.72. The van der Waals surface area contributed by atoms with Crippen LogP contribution in [0.15, 0.2) is 59.6 Å². The van der Waals surface area contributed by atoms with Gasteiger partial charge in [-0.3, -0.25) is 0 Å². The van der Waals surface area contributed by atoms with Crippen LogP contribution >= 0.6 is 11.8 Å². The van der Waals surface area contributed by atoms with Crippen LogP contribution in [0.1, 0.15) is 116 Å². The molecule has 34 heavy (non-hydrogen) atoms. The van der Waals surface area contributed by atoms with Crippen LogP contribution in [0.4, 0.5) is 5.69 Å². The van der Waals surface area contributed by atoms with Crippen molar-refractivity contribution in [3.63, 3.8) is 0 Å². The zero-order valence-electron chi connectivity index (χ0n) is 21.7. The molecule has 0 aliphatic rings. The van der Waals surface area contributed by atoms with Crippen LogP contribution < -0.4 is 0 Å². The van der Waals surface area contributed by atoms with Crippen LogP contribution in [0.2, 0.25) is 0 Å². The van der Waals surface area contributed by atoms with E-state index in [1.807, 2.05) is 23.9 Å². The molecule has 2 rings (SSSR count). The van der Waals surface area contributed by atoms with Crippen molar-refractivity contribution in [3.8, 4) is 5.75 Å². The average Bonchev–Trinajstić information content (AvgIpc) is 2.86. The summed E-state index contributed by atoms with van der Waals surface area (Å²) in [6.07, 6.45) is 20.5. The molecule has 0 fully saturated rings. The van der Waals surface area contributed by atoms with Gasteiger partial charge in [0, 0.05) is 10.8 Å². The quantitative estimate of drug-likeness (QED) is 0.130. The first-order chi connectivity index (χ1) is 16.7. The molecule has 0 aliphatic heterocycles. The normalized spacial score (nSPS) is 12.7. The largest absolute Gasteiger partial charge is 0.508 e. The Morgan fingerprint density at radius 3 is 1.79 bits per heavy atom. The fourth-order valence-electron chi connectivity index (χ4n) is 4.34. The Hall–Kier alpha value is -1.74. The first-order valence-electron chi connectivity index (χ1n) is 13.8. The van der Waals surface area contributed by atoms with Crippen molar-refractivity contribution in [1.82, 2.24) is 0 Å². The number of thioether (sulfide) groups is 1.